The van der Waals surface area contributed by atoms with Gasteiger partial charge in [0, 0.05) is 51.4 Å². The molecule has 1 atom stereocenters. The first-order valence-electron chi connectivity index (χ1n) is 9.45. The van der Waals surface area contributed by atoms with E-state index in [0.717, 1.165) is 64.4 Å². The summed E-state index contributed by atoms with van der Waals surface area (Å²) in [7, 11) is 0. The molecule has 2 aliphatic heterocycles. The third kappa shape index (κ3) is 6.53. The maximum atomic E-state index is 13.3. The summed E-state index contributed by atoms with van der Waals surface area (Å²) >= 11 is 0. The maximum absolute atomic E-state index is 13.3. The van der Waals surface area contributed by atoms with E-state index in [0.29, 0.717) is 24.6 Å². The van der Waals surface area contributed by atoms with Crippen molar-refractivity contribution in [2.24, 2.45) is 4.99 Å². The third-order valence-corrected chi connectivity index (χ3v) is 4.94. The van der Waals surface area contributed by atoms with Gasteiger partial charge in [0.2, 0.25) is 0 Å². The van der Waals surface area contributed by atoms with E-state index in [4.69, 9.17) is 4.74 Å². The highest BCUT2D eigenvalue weighted by atomic mass is 127. The van der Waals surface area contributed by atoms with Gasteiger partial charge >= 0.3 is 0 Å². The summed E-state index contributed by atoms with van der Waals surface area (Å²) in [5.41, 5.74) is 0.634. The van der Waals surface area contributed by atoms with Gasteiger partial charge in [0.05, 0.1) is 13.2 Å². The highest BCUT2D eigenvalue weighted by Gasteiger charge is 2.30. The lowest BCUT2D eigenvalue weighted by molar-refractivity contribution is 0.0195. The fraction of sp³-hybridized carbons (Fsp3) is 0.632. The smallest absolute Gasteiger partial charge is 0.193 e. The summed E-state index contributed by atoms with van der Waals surface area (Å²) in [6, 6.07) is 4.18. The number of benzene rings is 1. The number of nitrogens with zero attached hydrogens (tertiary/aromatic N) is 3. The number of guanidine groups is 1. The number of morpholine rings is 1. The molecular weight excluding hydrogens is 465 g/mol. The Morgan fingerprint density at radius 2 is 1.89 bits per heavy atom. The molecule has 2 saturated heterocycles. The van der Waals surface area contributed by atoms with Crippen molar-refractivity contribution in [2.45, 2.75) is 25.8 Å². The molecule has 1 unspecified atom stereocenters. The van der Waals surface area contributed by atoms with Crippen LogP contribution in [-0.4, -0.2) is 74.3 Å². The van der Waals surface area contributed by atoms with Crippen LogP contribution in [0.15, 0.2) is 23.2 Å². The summed E-state index contributed by atoms with van der Waals surface area (Å²) in [4.78, 5) is 9.46. The molecule has 152 valence electrons. The molecule has 2 heterocycles. The van der Waals surface area contributed by atoms with E-state index in [1.54, 1.807) is 0 Å². The van der Waals surface area contributed by atoms with Gasteiger partial charge in [0.25, 0.3) is 0 Å². The largest absolute Gasteiger partial charge is 0.379 e. The lowest BCUT2D eigenvalue weighted by Crippen LogP contribution is -2.46. The monoisotopic (exact) mass is 494 g/mol. The predicted octanol–water partition coefficient (Wildman–Crippen LogP) is 2.50. The minimum absolute atomic E-state index is 0. The maximum Gasteiger partial charge on any atom is 0.193 e. The van der Waals surface area contributed by atoms with E-state index in [1.165, 1.54) is 12.1 Å². The first-order chi connectivity index (χ1) is 12.7. The second-order valence-corrected chi connectivity index (χ2v) is 6.80. The topological polar surface area (TPSA) is 40.1 Å². The van der Waals surface area contributed by atoms with Crippen LogP contribution in [-0.2, 0) is 11.2 Å². The Hall–Kier alpha value is -1.00. The van der Waals surface area contributed by atoms with Crippen molar-refractivity contribution in [3.05, 3.63) is 35.4 Å². The van der Waals surface area contributed by atoms with E-state index in [1.807, 2.05) is 6.92 Å². The zero-order valence-corrected chi connectivity index (χ0v) is 18.1. The predicted molar refractivity (Wildman–Crippen MR) is 114 cm³/mol. The molecule has 0 saturated carbocycles. The average molecular weight is 494 g/mol. The van der Waals surface area contributed by atoms with Gasteiger partial charge in [-0.05, 0) is 37.5 Å². The van der Waals surface area contributed by atoms with Gasteiger partial charge in [-0.2, -0.15) is 0 Å². The number of ether oxygens (including phenoxy) is 1. The molecule has 3 rings (SSSR count). The molecule has 5 nitrogen and oxygen atoms in total. The Bertz CT molecular complexity index is 605. The number of hydrogen-bond acceptors (Lipinski definition) is 3. The molecular formula is C19H29F2IN4O. The molecule has 1 aromatic rings. The zero-order valence-electron chi connectivity index (χ0n) is 15.8. The van der Waals surface area contributed by atoms with Crippen molar-refractivity contribution >= 4 is 29.9 Å². The molecule has 0 bridgehead atoms. The number of likely N-dealkylation sites (tertiary alicyclic amines) is 1. The fourth-order valence-electron chi connectivity index (χ4n) is 3.65. The Labute approximate surface area is 177 Å². The van der Waals surface area contributed by atoms with Crippen LogP contribution in [0, 0.1) is 11.6 Å². The summed E-state index contributed by atoms with van der Waals surface area (Å²) in [5, 5.41) is 3.34. The van der Waals surface area contributed by atoms with Crippen LogP contribution in [0.25, 0.3) is 0 Å². The standard InChI is InChI=1S/C19H28F2N4O.HI/c1-2-22-19(23-5-3-15-11-16(20)13-17(21)12-15)25-6-4-18(14-25)24-7-9-26-10-8-24;/h11-13,18H,2-10,14H2,1H3,(H,22,23);1H. The van der Waals surface area contributed by atoms with Gasteiger partial charge in [-0.25, -0.2) is 8.78 Å². The zero-order chi connectivity index (χ0) is 18.4. The molecule has 8 heteroatoms. The molecule has 27 heavy (non-hydrogen) atoms. The Morgan fingerprint density at radius 1 is 1.19 bits per heavy atom. The lowest BCUT2D eigenvalue weighted by Gasteiger charge is -2.32. The molecule has 0 aromatic heterocycles. The van der Waals surface area contributed by atoms with Gasteiger partial charge in [-0.3, -0.25) is 9.89 Å². The number of rotatable bonds is 5. The van der Waals surface area contributed by atoms with Gasteiger partial charge in [0.1, 0.15) is 11.6 Å². The van der Waals surface area contributed by atoms with E-state index in [9.17, 15) is 8.78 Å². The summed E-state index contributed by atoms with van der Waals surface area (Å²) in [5.74, 6) is -0.187. The minimum Gasteiger partial charge on any atom is -0.379 e. The minimum atomic E-state index is -0.538. The second kappa shape index (κ2) is 11.1. The molecule has 1 N–H and O–H groups in total. The van der Waals surface area contributed by atoms with E-state index < -0.39 is 11.6 Å². The van der Waals surface area contributed by atoms with Crippen LogP contribution in [0.1, 0.15) is 18.9 Å². The Morgan fingerprint density at radius 3 is 2.56 bits per heavy atom. The van der Waals surface area contributed by atoms with Crippen LogP contribution in [0.3, 0.4) is 0 Å². The second-order valence-electron chi connectivity index (χ2n) is 6.80. The number of hydrogen-bond donors (Lipinski definition) is 1. The summed E-state index contributed by atoms with van der Waals surface area (Å²) in [6.45, 7) is 8.91. The van der Waals surface area contributed by atoms with E-state index >= 15 is 0 Å². The van der Waals surface area contributed by atoms with Crippen LogP contribution in [0.2, 0.25) is 0 Å². The normalized spacial score (nSPS) is 21.2. The van der Waals surface area contributed by atoms with Gasteiger partial charge in [-0.1, -0.05) is 0 Å². The lowest BCUT2D eigenvalue weighted by atomic mass is 10.1. The fourth-order valence-corrected chi connectivity index (χ4v) is 3.65. The molecule has 0 amide bonds. The van der Waals surface area contributed by atoms with Crippen molar-refractivity contribution in [3.63, 3.8) is 0 Å². The number of nitrogens with one attached hydrogen (secondary N) is 1. The Balaban J connectivity index is 0.00000261. The van der Waals surface area contributed by atoms with Crippen LogP contribution in [0.5, 0.6) is 0 Å². The number of halogens is 3. The highest BCUT2D eigenvalue weighted by molar-refractivity contribution is 14.0. The summed E-state index contributed by atoms with van der Waals surface area (Å²) < 4.78 is 32.0. The Kier molecular flexibility index (Phi) is 9.17. The van der Waals surface area contributed by atoms with E-state index in [-0.39, 0.29) is 24.0 Å². The van der Waals surface area contributed by atoms with Crippen molar-refractivity contribution in [1.82, 2.24) is 15.1 Å². The average Bonchev–Trinajstić information content (AvgIpc) is 3.11. The quantitative estimate of drug-likeness (QED) is 0.388. The first-order valence-corrected chi connectivity index (χ1v) is 9.45. The first kappa shape index (κ1) is 22.3. The third-order valence-electron chi connectivity index (χ3n) is 4.94. The highest BCUT2D eigenvalue weighted by Crippen LogP contribution is 2.17. The number of aliphatic imine (C=N–C) groups is 1. The SMILES string of the molecule is CCNC(=NCCc1cc(F)cc(F)c1)N1CCC(N2CCOCC2)C1.I. The van der Waals surface area contributed by atoms with Crippen LogP contribution < -0.4 is 5.32 Å². The van der Waals surface area contributed by atoms with Gasteiger partial charge < -0.3 is 15.0 Å². The van der Waals surface area contributed by atoms with Crippen molar-refractivity contribution < 1.29 is 13.5 Å². The summed E-state index contributed by atoms with van der Waals surface area (Å²) in [6.07, 6.45) is 1.64. The van der Waals surface area contributed by atoms with E-state index in [2.05, 4.69) is 20.1 Å². The van der Waals surface area contributed by atoms with Crippen LogP contribution >= 0.6 is 24.0 Å². The molecule has 2 fully saturated rings. The molecule has 1 aromatic carbocycles. The van der Waals surface area contributed by atoms with Crippen LogP contribution in [0.4, 0.5) is 8.78 Å². The molecule has 0 aliphatic carbocycles. The van der Waals surface area contributed by atoms with Crippen molar-refractivity contribution in [2.75, 3.05) is 52.5 Å². The molecule has 0 radical (unpaired) electrons. The molecule has 0 spiro atoms. The molecule has 2 aliphatic rings. The van der Waals surface area contributed by atoms with Gasteiger partial charge in [0.15, 0.2) is 5.96 Å². The van der Waals surface area contributed by atoms with Crippen molar-refractivity contribution in [1.29, 1.82) is 0 Å². The van der Waals surface area contributed by atoms with Gasteiger partial charge in [-0.15, -0.1) is 24.0 Å². The van der Waals surface area contributed by atoms with Crippen molar-refractivity contribution in [3.8, 4) is 0 Å².